The minimum atomic E-state index is -0.874. The first kappa shape index (κ1) is 8.67. The van der Waals surface area contributed by atoms with Crippen molar-refractivity contribution in [2.45, 2.75) is 13.3 Å². The molecule has 9 heavy (non-hydrogen) atoms. The molecule has 0 radical (unpaired) electrons. The van der Waals surface area contributed by atoms with Crippen molar-refractivity contribution in [3.63, 3.8) is 0 Å². The van der Waals surface area contributed by atoms with Crippen molar-refractivity contribution < 1.29 is 4.21 Å². The van der Waals surface area contributed by atoms with E-state index in [0.717, 1.165) is 0 Å². The highest BCUT2D eigenvalue weighted by Crippen LogP contribution is 1.75. The van der Waals surface area contributed by atoms with Crippen molar-refractivity contribution in [2.75, 3.05) is 12.3 Å². The summed E-state index contributed by atoms with van der Waals surface area (Å²) in [5, 5.41) is 0. The highest BCUT2D eigenvalue weighted by molar-refractivity contribution is 7.82. The van der Waals surface area contributed by atoms with Gasteiger partial charge >= 0.3 is 0 Å². The van der Waals surface area contributed by atoms with Gasteiger partial charge in [-0.2, -0.15) is 0 Å². The van der Waals surface area contributed by atoms with Crippen molar-refractivity contribution >= 4 is 11.0 Å². The molecule has 3 heteroatoms. The van der Waals surface area contributed by atoms with E-state index in [9.17, 15) is 4.21 Å². The Bertz CT molecular complexity index is 128. The predicted molar refractivity (Wildman–Crippen MR) is 40.1 cm³/mol. The first-order valence-corrected chi connectivity index (χ1v) is 4.18. The van der Waals surface area contributed by atoms with Gasteiger partial charge in [-0.15, -0.1) is 12.3 Å². The van der Waals surface area contributed by atoms with Crippen LogP contribution >= 0.6 is 0 Å². The molecule has 0 aromatic carbocycles. The van der Waals surface area contributed by atoms with Crippen LogP contribution in [0, 0.1) is 12.3 Å². The van der Waals surface area contributed by atoms with Gasteiger partial charge in [0.1, 0.15) is 0 Å². The maximum Gasteiger partial charge on any atom is 0.0912 e. The molecular weight excluding hydrogens is 134 g/mol. The lowest BCUT2D eigenvalue weighted by molar-refractivity contribution is 0.673. The van der Waals surface area contributed by atoms with Crippen molar-refractivity contribution in [3.05, 3.63) is 0 Å². The topological polar surface area (TPSA) is 29.1 Å². The molecule has 0 aliphatic rings. The lowest BCUT2D eigenvalue weighted by Crippen LogP contribution is -2.19. The summed E-state index contributed by atoms with van der Waals surface area (Å²) in [4.78, 5) is 0. The van der Waals surface area contributed by atoms with Gasteiger partial charge in [0.25, 0.3) is 0 Å². The van der Waals surface area contributed by atoms with Crippen molar-refractivity contribution in [3.8, 4) is 12.3 Å². The molecule has 2 nitrogen and oxygen atoms in total. The van der Waals surface area contributed by atoms with Crippen molar-refractivity contribution in [1.29, 1.82) is 0 Å². The van der Waals surface area contributed by atoms with Gasteiger partial charge < -0.3 is 0 Å². The average Bonchev–Trinajstić information content (AvgIpc) is 1.89. The van der Waals surface area contributed by atoms with E-state index in [4.69, 9.17) is 6.42 Å². The van der Waals surface area contributed by atoms with Crippen LogP contribution in [0.2, 0.25) is 0 Å². The van der Waals surface area contributed by atoms with E-state index < -0.39 is 11.0 Å². The van der Waals surface area contributed by atoms with Gasteiger partial charge in [0.2, 0.25) is 0 Å². The Labute approximate surface area is 58.6 Å². The minimum Gasteiger partial charge on any atom is -0.243 e. The second-order valence-corrected chi connectivity index (χ2v) is 3.04. The first-order chi connectivity index (χ1) is 4.31. The van der Waals surface area contributed by atoms with Crippen LogP contribution in [0.25, 0.3) is 0 Å². The third kappa shape index (κ3) is 5.54. The Morgan fingerprint density at radius 2 is 2.44 bits per heavy atom. The standard InChI is InChI=1S/C6H11NOS/c1-3-5-6-7-9(8)4-2/h1,7H,4-6H2,2H3. The largest absolute Gasteiger partial charge is 0.243 e. The van der Waals surface area contributed by atoms with E-state index in [2.05, 4.69) is 10.6 Å². The van der Waals surface area contributed by atoms with Crippen LogP contribution in [0.5, 0.6) is 0 Å². The molecule has 0 aromatic heterocycles. The van der Waals surface area contributed by atoms with Gasteiger partial charge in [-0.25, -0.2) is 8.93 Å². The highest BCUT2D eigenvalue weighted by atomic mass is 32.2. The van der Waals surface area contributed by atoms with E-state index in [0.29, 0.717) is 18.7 Å². The lowest BCUT2D eigenvalue weighted by atomic mass is 10.5. The number of nitrogens with one attached hydrogen (secondary N) is 1. The van der Waals surface area contributed by atoms with Gasteiger partial charge in [0.15, 0.2) is 0 Å². The van der Waals surface area contributed by atoms with Gasteiger partial charge in [0, 0.05) is 18.7 Å². The summed E-state index contributed by atoms with van der Waals surface area (Å²) in [6.45, 7) is 2.51. The summed E-state index contributed by atoms with van der Waals surface area (Å²) in [5.74, 6) is 3.09. The summed E-state index contributed by atoms with van der Waals surface area (Å²) < 4.78 is 13.4. The molecule has 0 aromatic rings. The molecule has 1 N–H and O–H groups in total. The second-order valence-electron chi connectivity index (χ2n) is 1.48. The molecule has 0 aliphatic carbocycles. The molecular formula is C6H11NOS. The molecule has 0 saturated carbocycles. The molecule has 0 amide bonds. The SMILES string of the molecule is C#CCCNS(=O)CC. The maximum absolute atomic E-state index is 10.6. The maximum atomic E-state index is 10.6. The van der Waals surface area contributed by atoms with Gasteiger partial charge in [-0.05, 0) is 0 Å². The Hall–Kier alpha value is -0.330. The quantitative estimate of drug-likeness (QED) is 0.447. The van der Waals surface area contributed by atoms with E-state index in [1.54, 1.807) is 0 Å². The number of hydrogen-bond acceptors (Lipinski definition) is 1. The minimum absolute atomic E-state index is 0.643. The van der Waals surface area contributed by atoms with Crippen LogP contribution in [0.15, 0.2) is 0 Å². The highest BCUT2D eigenvalue weighted by Gasteiger charge is 1.89. The van der Waals surface area contributed by atoms with E-state index in [-0.39, 0.29) is 0 Å². The molecule has 1 atom stereocenters. The zero-order chi connectivity index (χ0) is 7.11. The van der Waals surface area contributed by atoms with E-state index in [1.807, 2.05) is 6.92 Å². The summed E-state index contributed by atoms with van der Waals surface area (Å²) in [7, 11) is -0.874. The Kier molecular flexibility index (Phi) is 5.59. The fourth-order valence-corrected chi connectivity index (χ4v) is 0.873. The zero-order valence-corrected chi connectivity index (χ0v) is 6.33. The Morgan fingerprint density at radius 1 is 1.78 bits per heavy atom. The van der Waals surface area contributed by atoms with Gasteiger partial charge in [0.05, 0.1) is 11.0 Å². The van der Waals surface area contributed by atoms with Crippen LogP contribution < -0.4 is 4.72 Å². The first-order valence-electron chi connectivity index (χ1n) is 2.86. The third-order valence-corrected chi connectivity index (χ3v) is 1.85. The number of rotatable bonds is 4. The van der Waals surface area contributed by atoms with Crippen molar-refractivity contribution in [1.82, 2.24) is 4.72 Å². The monoisotopic (exact) mass is 145 g/mol. The zero-order valence-electron chi connectivity index (χ0n) is 5.52. The van der Waals surface area contributed by atoms with Gasteiger partial charge in [-0.1, -0.05) is 6.92 Å². The Morgan fingerprint density at radius 3 is 2.89 bits per heavy atom. The molecule has 0 aliphatic heterocycles. The normalized spacial score (nSPS) is 12.4. The molecule has 0 heterocycles. The number of hydrogen-bond donors (Lipinski definition) is 1. The fraction of sp³-hybridized carbons (Fsp3) is 0.667. The molecule has 1 unspecified atom stereocenters. The molecule has 0 saturated heterocycles. The predicted octanol–water partition coefficient (Wildman–Crippen LogP) is 0.283. The van der Waals surface area contributed by atoms with Crippen LogP contribution in [-0.2, 0) is 11.0 Å². The van der Waals surface area contributed by atoms with Gasteiger partial charge in [-0.3, -0.25) is 0 Å². The molecule has 0 bridgehead atoms. The van der Waals surface area contributed by atoms with Crippen LogP contribution in [0.3, 0.4) is 0 Å². The molecule has 0 fully saturated rings. The Balaban J connectivity index is 3.09. The number of terminal acetylenes is 1. The summed E-state index contributed by atoms with van der Waals surface area (Å²) in [6.07, 6.45) is 5.61. The van der Waals surface area contributed by atoms with Crippen LogP contribution in [-0.4, -0.2) is 16.5 Å². The van der Waals surface area contributed by atoms with Crippen molar-refractivity contribution in [2.24, 2.45) is 0 Å². The van der Waals surface area contributed by atoms with Crippen LogP contribution in [0.1, 0.15) is 13.3 Å². The second kappa shape index (κ2) is 5.80. The molecule has 0 rings (SSSR count). The van der Waals surface area contributed by atoms with E-state index >= 15 is 0 Å². The summed E-state index contributed by atoms with van der Waals surface area (Å²) in [6, 6.07) is 0. The van der Waals surface area contributed by atoms with Crippen LogP contribution in [0.4, 0.5) is 0 Å². The van der Waals surface area contributed by atoms with E-state index in [1.165, 1.54) is 0 Å². The molecule has 52 valence electrons. The third-order valence-electron chi connectivity index (χ3n) is 0.795. The summed E-state index contributed by atoms with van der Waals surface area (Å²) >= 11 is 0. The average molecular weight is 145 g/mol. The molecule has 0 spiro atoms. The lowest BCUT2D eigenvalue weighted by Gasteiger charge is -1.96. The fourth-order valence-electron chi connectivity index (χ4n) is 0.339. The smallest absolute Gasteiger partial charge is 0.0912 e. The summed E-state index contributed by atoms with van der Waals surface area (Å²) in [5.41, 5.74) is 0.